The van der Waals surface area contributed by atoms with Crippen LogP contribution in [0.1, 0.15) is 20.7 Å². The Bertz CT molecular complexity index is 1170. The van der Waals surface area contributed by atoms with Crippen molar-refractivity contribution >= 4 is 44.5 Å². The van der Waals surface area contributed by atoms with E-state index in [1.165, 1.54) is 32.5 Å². The van der Waals surface area contributed by atoms with E-state index in [9.17, 15) is 18.0 Å². The minimum atomic E-state index is -4.21. The van der Waals surface area contributed by atoms with Gasteiger partial charge < -0.3 is 9.47 Å². The van der Waals surface area contributed by atoms with Crippen LogP contribution in [0.2, 0.25) is 5.02 Å². The molecular formula is C18H14ClNO6S. The Morgan fingerprint density at radius 3 is 2.33 bits per heavy atom. The first-order valence-electron chi connectivity index (χ1n) is 7.63. The Kier molecular flexibility index (Phi) is 4.95. The largest absolute Gasteiger partial charge is 0.465 e. The highest BCUT2D eigenvalue weighted by molar-refractivity contribution is 7.90. The Balaban J connectivity index is 2.28. The van der Waals surface area contributed by atoms with Gasteiger partial charge in [-0.05, 0) is 24.3 Å². The van der Waals surface area contributed by atoms with E-state index in [4.69, 9.17) is 16.3 Å². The molecule has 0 bridgehead atoms. The van der Waals surface area contributed by atoms with Crippen molar-refractivity contribution in [3.05, 3.63) is 64.8 Å². The van der Waals surface area contributed by atoms with E-state index >= 15 is 0 Å². The quantitative estimate of drug-likeness (QED) is 0.617. The summed E-state index contributed by atoms with van der Waals surface area (Å²) in [6.45, 7) is 0. The fourth-order valence-electron chi connectivity index (χ4n) is 2.67. The molecule has 0 fully saturated rings. The van der Waals surface area contributed by atoms with Gasteiger partial charge in [0.1, 0.15) is 4.90 Å². The van der Waals surface area contributed by atoms with Gasteiger partial charge in [0.15, 0.2) is 0 Å². The Labute approximate surface area is 160 Å². The zero-order chi connectivity index (χ0) is 19.8. The van der Waals surface area contributed by atoms with Crippen molar-refractivity contribution in [3.8, 4) is 0 Å². The summed E-state index contributed by atoms with van der Waals surface area (Å²) in [4.78, 5) is 23.5. The first-order valence-corrected chi connectivity index (χ1v) is 9.45. The van der Waals surface area contributed by atoms with Crippen LogP contribution in [0.25, 0.3) is 10.9 Å². The summed E-state index contributed by atoms with van der Waals surface area (Å²) in [5.41, 5.74) is 0.402. The van der Waals surface area contributed by atoms with Crippen LogP contribution in [0.3, 0.4) is 0 Å². The second-order valence-corrected chi connectivity index (χ2v) is 7.68. The van der Waals surface area contributed by atoms with Gasteiger partial charge in [-0.3, -0.25) is 0 Å². The number of carbonyl (C=O) groups excluding carboxylic acids is 2. The molecule has 1 heterocycles. The van der Waals surface area contributed by atoms with E-state index in [1.807, 2.05) is 0 Å². The van der Waals surface area contributed by atoms with Gasteiger partial charge in [-0.2, -0.15) is 0 Å². The fourth-order valence-corrected chi connectivity index (χ4v) is 4.55. The number of aromatic nitrogens is 1. The van der Waals surface area contributed by atoms with E-state index in [2.05, 4.69) is 4.74 Å². The summed E-state index contributed by atoms with van der Waals surface area (Å²) in [7, 11) is -1.82. The third-order valence-corrected chi connectivity index (χ3v) is 6.13. The van der Waals surface area contributed by atoms with Crippen LogP contribution in [-0.2, 0) is 19.5 Å². The predicted molar refractivity (Wildman–Crippen MR) is 98.7 cm³/mol. The monoisotopic (exact) mass is 407 g/mol. The molecule has 0 unspecified atom stereocenters. The highest BCUT2D eigenvalue weighted by Gasteiger charge is 2.26. The number of para-hydroxylation sites is 1. The molecule has 0 radical (unpaired) electrons. The van der Waals surface area contributed by atoms with E-state index in [0.717, 1.165) is 10.0 Å². The van der Waals surface area contributed by atoms with Crippen molar-refractivity contribution in [1.82, 2.24) is 3.97 Å². The molecule has 3 aromatic rings. The Hall–Kier alpha value is -2.84. The first-order chi connectivity index (χ1) is 12.8. The van der Waals surface area contributed by atoms with E-state index in [-0.39, 0.29) is 26.6 Å². The van der Waals surface area contributed by atoms with Crippen LogP contribution in [0, 0.1) is 0 Å². The van der Waals surface area contributed by atoms with Crippen LogP contribution >= 0.6 is 11.6 Å². The zero-order valence-corrected chi connectivity index (χ0v) is 15.9. The lowest BCUT2D eigenvalue weighted by molar-refractivity contribution is 0.0592. The van der Waals surface area contributed by atoms with Crippen molar-refractivity contribution in [1.29, 1.82) is 0 Å². The van der Waals surface area contributed by atoms with Crippen LogP contribution in [-0.4, -0.2) is 38.5 Å². The molecule has 27 heavy (non-hydrogen) atoms. The number of fused-ring (bicyclic) bond motifs is 1. The molecule has 9 heteroatoms. The zero-order valence-electron chi connectivity index (χ0n) is 14.3. The highest BCUT2D eigenvalue weighted by Crippen LogP contribution is 2.30. The molecule has 1 aromatic heterocycles. The fraction of sp³-hybridized carbons (Fsp3) is 0.111. The molecule has 0 N–H and O–H groups in total. The van der Waals surface area contributed by atoms with Crippen LogP contribution in [0.15, 0.2) is 53.6 Å². The molecule has 0 atom stereocenters. The van der Waals surface area contributed by atoms with E-state index in [1.54, 1.807) is 24.3 Å². The number of ether oxygens (including phenoxy) is 2. The molecule has 0 amide bonds. The average molecular weight is 408 g/mol. The first kappa shape index (κ1) is 18.9. The molecule has 0 saturated heterocycles. The van der Waals surface area contributed by atoms with Gasteiger partial charge in [0.2, 0.25) is 0 Å². The number of methoxy groups -OCH3 is 2. The van der Waals surface area contributed by atoms with Gasteiger partial charge in [-0.1, -0.05) is 29.8 Å². The molecule has 2 aromatic carbocycles. The molecule has 7 nitrogen and oxygen atoms in total. The highest BCUT2D eigenvalue weighted by atomic mass is 35.5. The third kappa shape index (κ3) is 3.17. The second kappa shape index (κ2) is 7.05. The molecule has 0 aliphatic carbocycles. The lowest BCUT2D eigenvalue weighted by atomic mass is 10.2. The predicted octanol–water partition coefficient (Wildman–Crippen LogP) is 3.10. The van der Waals surface area contributed by atoms with Crippen molar-refractivity contribution in [3.63, 3.8) is 0 Å². The summed E-state index contributed by atoms with van der Waals surface area (Å²) in [5.74, 6) is -1.37. The summed E-state index contributed by atoms with van der Waals surface area (Å²) in [6.07, 6.45) is 1.17. The van der Waals surface area contributed by atoms with Crippen LogP contribution < -0.4 is 0 Å². The molecule has 0 aliphatic heterocycles. The van der Waals surface area contributed by atoms with Crippen LogP contribution in [0.5, 0.6) is 0 Å². The van der Waals surface area contributed by atoms with Gasteiger partial charge in [-0.25, -0.2) is 22.0 Å². The van der Waals surface area contributed by atoms with Gasteiger partial charge in [0.05, 0.1) is 35.9 Å². The third-order valence-electron chi connectivity index (χ3n) is 3.97. The lowest BCUT2D eigenvalue weighted by Gasteiger charge is -2.10. The second-order valence-electron chi connectivity index (χ2n) is 5.49. The van der Waals surface area contributed by atoms with E-state index in [0.29, 0.717) is 5.39 Å². The Morgan fingerprint density at radius 2 is 1.67 bits per heavy atom. The normalized spacial score (nSPS) is 11.4. The maximum Gasteiger partial charge on any atom is 0.340 e. The maximum absolute atomic E-state index is 13.2. The number of benzene rings is 2. The number of carbonyl (C=O) groups is 2. The summed E-state index contributed by atoms with van der Waals surface area (Å²) < 4.78 is 36.8. The van der Waals surface area contributed by atoms with E-state index < -0.39 is 22.0 Å². The van der Waals surface area contributed by atoms with Crippen molar-refractivity contribution < 1.29 is 27.5 Å². The van der Waals surface area contributed by atoms with Crippen LogP contribution in [0.4, 0.5) is 0 Å². The number of hydrogen-bond donors (Lipinski definition) is 0. The molecule has 140 valence electrons. The minimum Gasteiger partial charge on any atom is -0.465 e. The maximum atomic E-state index is 13.2. The van der Waals surface area contributed by atoms with Crippen molar-refractivity contribution in [2.45, 2.75) is 4.90 Å². The summed E-state index contributed by atoms with van der Waals surface area (Å²) in [5, 5.41) is 0.341. The SMILES string of the molecule is COC(=O)c1ccc(Cl)c(S(=O)(=O)n2cc(C(=O)OC)c3ccccc32)c1. The molecule has 3 rings (SSSR count). The number of halogens is 1. The molecule has 0 spiro atoms. The summed E-state index contributed by atoms with van der Waals surface area (Å²) in [6, 6.07) is 10.3. The number of esters is 2. The number of hydrogen-bond acceptors (Lipinski definition) is 6. The van der Waals surface area contributed by atoms with Gasteiger partial charge in [-0.15, -0.1) is 0 Å². The topological polar surface area (TPSA) is 91.7 Å². The smallest absolute Gasteiger partial charge is 0.340 e. The van der Waals surface area contributed by atoms with Crippen molar-refractivity contribution in [2.75, 3.05) is 14.2 Å². The molecular weight excluding hydrogens is 394 g/mol. The standard InChI is InChI=1S/C18H14ClNO6S/c1-25-17(21)11-7-8-14(19)16(9-11)27(23,24)20-10-13(18(22)26-2)12-5-3-4-6-15(12)20/h3-10H,1-2H3. The lowest BCUT2D eigenvalue weighted by Crippen LogP contribution is -2.14. The van der Waals surface area contributed by atoms with Gasteiger partial charge >= 0.3 is 11.9 Å². The average Bonchev–Trinajstić information content (AvgIpc) is 3.07. The molecule has 0 saturated carbocycles. The summed E-state index contributed by atoms with van der Waals surface area (Å²) >= 11 is 6.09. The minimum absolute atomic E-state index is 0.0325. The Morgan fingerprint density at radius 1 is 1.00 bits per heavy atom. The molecule has 0 aliphatic rings. The van der Waals surface area contributed by atoms with Crippen molar-refractivity contribution in [2.24, 2.45) is 0 Å². The number of rotatable bonds is 4. The van der Waals surface area contributed by atoms with Gasteiger partial charge in [0.25, 0.3) is 10.0 Å². The van der Waals surface area contributed by atoms with Gasteiger partial charge in [0, 0.05) is 11.6 Å². The number of nitrogens with zero attached hydrogens (tertiary/aromatic N) is 1.